The molecule has 0 aliphatic rings. The van der Waals surface area contributed by atoms with Crippen molar-refractivity contribution in [3.05, 3.63) is 29.1 Å². The predicted octanol–water partition coefficient (Wildman–Crippen LogP) is 3.37. The lowest BCUT2D eigenvalue weighted by atomic mass is 10.4. The number of hydrogen-bond acceptors (Lipinski definition) is 1. The summed E-state index contributed by atoms with van der Waals surface area (Å²) < 4.78 is 5.95. The zero-order chi connectivity index (χ0) is 6.69. The van der Waals surface area contributed by atoms with E-state index < -0.39 is 0 Å². The second-order valence-corrected chi connectivity index (χ2v) is 2.75. The van der Waals surface area contributed by atoms with Gasteiger partial charge in [0.2, 0.25) is 0 Å². The molecule has 0 saturated carbocycles. The first-order valence-electron chi connectivity index (χ1n) is 2.34. The molecule has 9 heavy (non-hydrogen) atoms. The average molecular weight is 252 g/mol. The summed E-state index contributed by atoms with van der Waals surface area (Å²) in [5.41, 5.74) is 0. The van der Waals surface area contributed by atoms with Crippen molar-refractivity contribution in [3.8, 4) is 0 Å². The van der Waals surface area contributed by atoms with Crippen molar-refractivity contribution in [2.24, 2.45) is 0 Å². The van der Waals surface area contributed by atoms with Gasteiger partial charge in [-0.2, -0.15) is 0 Å². The number of furan rings is 1. The topological polar surface area (TPSA) is 13.1 Å². The normalized spacial score (nSPS) is 12.0. The fraction of sp³-hybridized carbons (Fsp3) is 0. The largest absolute Gasteiger partial charge is 0.464 e. The van der Waals surface area contributed by atoms with Gasteiger partial charge in [-0.25, -0.2) is 0 Å². The standard InChI is InChI=1S/C6H4Br2O/c7-4-5(8)6-2-1-3-9-6/h1-4H. The van der Waals surface area contributed by atoms with Gasteiger partial charge in [-0.1, -0.05) is 15.9 Å². The molecule has 0 unspecified atom stereocenters. The fourth-order valence-corrected chi connectivity index (χ4v) is 0.919. The van der Waals surface area contributed by atoms with Crippen molar-refractivity contribution in [3.63, 3.8) is 0 Å². The van der Waals surface area contributed by atoms with Gasteiger partial charge in [0.15, 0.2) is 0 Å². The minimum atomic E-state index is 0.826. The van der Waals surface area contributed by atoms with E-state index in [-0.39, 0.29) is 0 Å². The van der Waals surface area contributed by atoms with Gasteiger partial charge in [0.05, 0.1) is 10.7 Å². The lowest BCUT2D eigenvalue weighted by Gasteiger charge is -1.86. The second-order valence-electron chi connectivity index (χ2n) is 1.43. The zero-order valence-corrected chi connectivity index (χ0v) is 7.65. The van der Waals surface area contributed by atoms with E-state index in [9.17, 15) is 0 Å². The Bertz CT molecular complexity index is 201. The van der Waals surface area contributed by atoms with Crippen molar-refractivity contribution in [1.82, 2.24) is 0 Å². The maximum absolute atomic E-state index is 5.04. The first-order chi connectivity index (χ1) is 4.34. The van der Waals surface area contributed by atoms with Gasteiger partial charge < -0.3 is 4.42 Å². The summed E-state index contributed by atoms with van der Waals surface area (Å²) in [7, 11) is 0. The highest BCUT2D eigenvalue weighted by Gasteiger charge is 1.96. The van der Waals surface area contributed by atoms with Gasteiger partial charge in [0, 0.05) is 0 Å². The fourth-order valence-electron chi connectivity index (χ4n) is 0.468. The molecular formula is C6H4Br2O. The zero-order valence-electron chi connectivity index (χ0n) is 4.47. The second kappa shape index (κ2) is 3.22. The summed E-state index contributed by atoms with van der Waals surface area (Å²) in [4.78, 5) is 1.76. The molecule has 48 valence electrons. The lowest BCUT2D eigenvalue weighted by Crippen LogP contribution is -1.63. The molecule has 0 saturated heterocycles. The summed E-state index contributed by atoms with van der Waals surface area (Å²) in [6.45, 7) is 0. The van der Waals surface area contributed by atoms with Crippen LogP contribution in [0.4, 0.5) is 0 Å². The quantitative estimate of drug-likeness (QED) is 0.746. The van der Waals surface area contributed by atoms with E-state index in [0.29, 0.717) is 0 Å². The number of hydrogen-bond donors (Lipinski definition) is 0. The maximum atomic E-state index is 5.04. The highest BCUT2D eigenvalue weighted by atomic mass is 79.9. The molecule has 0 aromatic carbocycles. The van der Waals surface area contributed by atoms with Gasteiger partial charge >= 0.3 is 0 Å². The van der Waals surface area contributed by atoms with E-state index in [4.69, 9.17) is 4.42 Å². The first-order valence-corrected chi connectivity index (χ1v) is 4.05. The molecule has 0 spiro atoms. The minimum Gasteiger partial charge on any atom is -0.464 e. The third kappa shape index (κ3) is 1.69. The van der Waals surface area contributed by atoms with Crippen molar-refractivity contribution in [2.45, 2.75) is 0 Å². The van der Waals surface area contributed by atoms with Crippen LogP contribution in [-0.4, -0.2) is 0 Å². The molecular weight excluding hydrogens is 248 g/mol. The van der Waals surface area contributed by atoms with Crippen molar-refractivity contribution < 1.29 is 4.42 Å². The van der Waals surface area contributed by atoms with E-state index in [0.717, 1.165) is 10.2 Å². The van der Waals surface area contributed by atoms with E-state index in [1.807, 2.05) is 12.1 Å². The van der Waals surface area contributed by atoms with Crippen molar-refractivity contribution >= 4 is 36.3 Å². The minimum absolute atomic E-state index is 0.826. The Morgan fingerprint density at radius 3 is 2.89 bits per heavy atom. The molecule has 1 nitrogen and oxygen atoms in total. The predicted molar refractivity (Wildman–Crippen MR) is 44.5 cm³/mol. The Hall–Kier alpha value is -0.0200. The van der Waals surface area contributed by atoms with Gasteiger partial charge in [-0.15, -0.1) is 0 Å². The van der Waals surface area contributed by atoms with Crippen LogP contribution >= 0.6 is 31.9 Å². The van der Waals surface area contributed by atoms with Gasteiger partial charge in [-0.05, 0) is 33.0 Å². The molecule has 1 rings (SSSR count). The molecule has 0 amide bonds. The molecule has 1 heterocycles. The van der Waals surface area contributed by atoms with Crippen LogP contribution in [0.2, 0.25) is 0 Å². The summed E-state index contributed by atoms with van der Waals surface area (Å²) in [6.07, 6.45) is 1.63. The highest BCUT2D eigenvalue weighted by molar-refractivity contribution is 9.16. The van der Waals surface area contributed by atoms with Gasteiger partial charge in [0.1, 0.15) is 5.76 Å². The summed E-state index contributed by atoms with van der Waals surface area (Å²) in [5, 5.41) is 0. The van der Waals surface area contributed by atoms with Crippen LogP contribution in [0.3, 0.4) is 0 Å². The highest BCUT2D eigenvalue weighted by Crippen LogP contribution is 2.22. The molecule has 1 aromatic rings. The smallest absolute Gasteiger partial charge is 0.141 e. The molecule has 0 bridgehead atoms. The van der Waals surface area contributed by atoms with Crippen molar-refractivity contribution in [1.29, 1.82) is 0 Å². The monoisotopic (exact) mass is 250 g/mol. The van der Waals surface area contributed by atoms with Crippen LogP contribution in [0, 0.1) is 0 Å². The third-order valence-electron chi connectivity index (χ3n) is 0.852. The number of halogens is 2. The number of rotatable bonds is 1. The lowest BCUT2D eigenvalue weighted by molar-refractivity contribution is 0.556. The van der Waals surface area contributed by atoms with Crippen LogP contribution in [0.1, 0.15) is 5.76 Å². The van der Waals surface area contributed by atoms with E-state index >= 15 is 0 Å². The summed E-state index contributed by atoms with van der Waals surface area (Å²) in [5.74, 6) is 0.826. The van der Waals surface area contributed by atoms with Crippen LogP contribution in [0.25, 0.3) is 4.48 Å². The van der Waals surface area contributed by atoms with Crippen LogP contribution in [0.15, 0.2) is 27.8 Å². The maximum Gasteiger partial charge on any atom is 0.141 e. The first kappa shape index (κ1) is 7.09. The molecule has 0 radical (unpaired) electrons. The molecule has 0 aliphatic heterocycles. The Morgan fingerprint density at radius 2 is 2.44 bits per heavy atom. The van der Waals surface area contributed by atoms with Gasteiger partial charge in [0.25, 0.3) is 0 Å². The van der Waals surface area contributed by atoms with Crippen LogP contribution < -0.4 is 0 Å². The Morgan fingerprint density at radius 1 is 1.67 bits per heavy atom. The van der Waals surface area contributed by atoms with Crippen LogP contribution in [0.5, 0.6) is 0 Å². The Balaban J connectivity index is 2.90. The molecule has 0 aliphatic carbocycles. The molecule has 3 heteroatoms. The Kier molecular flexibility index (Phi) is 2.54. The molecule has 0 atom stereocenters. The van der Waals surface area contributed by atoms with Crippen molar-refractivity contribution in [2.75, 3.05) is 0 Å². The van der Waals surface area contributed by atoms with E-state index in [2.05, 4.69) is 31.9 Å². The molecule has 1 aromatic heterocycles. The third-order valence-corrected chi connectivity index (χ3v) is 2.54. The van der Waals surface area contributed by atoms with E-state index in [1.54, 1.807) is 11.2 Å². The summed E-state index contributed by atoms with van der Waals surface area (Å²) >= 11 is 6.45. The average Bonchev–Trinajstić information content (AvgIpc) is 2.37. The van der Waals surface area contributed by atoms with Gasteiger partial charge in [-0.3, -0.25) is 0 Å². The van der Waals surface area contributed by atoms with E-state index in [1.165, 1.54) is 0 Å². The van der Waals surface area contributed by atoms with Crippen LogP contribution in [-0.2, 0) is 0 Å². The Labute approximate surface area is 70.0 Å². The molecule has 0 N–H and O–H groups in total. The molecule has 0 fully saturated rings. The summed E-state index contributed by atoms with van der Waals surface area (Å²) in [6, 6.07) is 3.72. The SMILES string of the molecule is BrC=C(Br)c1ccco1.